The molecule has 3 N–H and O–H groups in total. The van der Waals surface area contributed by atoms with E-state index in [1.165, 1.54) is 6.07 Å². The molecule has 144 valence electrons. The average Bonchev–Trinajstić information content (AvgIpc) is 2.64. The van der Waals surface area contributed by atoms with Gasteiger partial charge in [0.05, 0.1) is 33.8 Å². The average molecular weight is 501 g/mol. The molecular weight excluding hydrogens is 482 g/mol. The molecule has 0 aromatic heterocycles. The summed E-state index contributed by atoms with van der Waals surface area (Å²) in [5.41, 5.74) is 1.39. The highest BCUT2D eigenvalue weighted by Gasteiger charge is 2.26. The van der Waals surface area contributed by atoms with Crippen LogP contribution in [0.3, 0.4) is 0 Å². The number of esters is 1. The van der Waals surface area contributed by atoms with Crippen molar-refractivity contribution < 1.29 is 24.5 Å². The van der Waals surface area contributed by atoms with Crippen molar-refractivity contribution in [3.63, 3.8) is 0 Å². The summed E-state index contributed by atoms with van der Waals surface area (Å²) >= 11 is 6.40. The summed E-state index contributed by atoms with van der Waals surface area (Å²) in [7, 11) is 1.58. The molecule has 0 saturated heterocycles. The minimum atomic E-state index is -0.631. The molecule has 2 rings (SSSR count). The lowest BCUT2D eigenvalue weighted by molar-refractivity contribution is -0.136. The highest BCUT2D eigenvalue weighted by Crippen LogP contribution is 2.44. The largest absolute Gasteiger partial charge is 0.507 e. The number of carbonyl (C=O) groups excluding carboxylic acids is 1. The quantitative estimate of drug-likeness (QED) is 0.292. The van der Waals surface area contributed by atoms with Gasteiger partial charge in [-0.3, -0.25) is 0 Å². The monoisotopic (exact) mass is 499 g/mol. The third-order valence-corrected chi connectivity index (χ3v) is 5.08. The van der Waals surface area contributed by atoms with E-state index in [4.69, 9.17) is 9.47 Å². The van der Waals surface area contributed by atoms with Gasteiger partial charge in [0.25, 0.3) is 0 Å². The lowest BCUT2D eigenvalue weighted by Gasteiger charge is -2.17. The van der Waals surface area contributed by atoms with Gasteiger partial charge in [-0.15, -0.1) is 0 Å². The number of aromatic hydroxyl groups is 2. The van der Waals surface area contributed by atoms with Crippen LogP contribution in [0.2, 0.25) is 0 Å². The number of phenols is 2. The maximum atomic E-state index is 12.6. The fraction of sp³-hybridized carbons (Fsp3) is 0.211. The lowest BCUT2D eigenvalue weighted by atomic mass is 10.0. The molecule has 0 aliphatic carbocycles. The van der Waals surface area contributed by atoms with E-state index in [1.54, 1.807) is 45.2 Å². The first-order valence-electron chi connectivity index (χ1n) is 7.99. The summed E-state index contributed by atoms with van der Waals surface area (Å²) in [6.45, 7) is 3.54. The van der Waals surface area contributed by atoms with Crippen LogP contribution in [-0.2, 0) is 9.53 Å². The smallest absolute Gasteiger partial charge is 0.340 e. The van der Waals surface area contributed by atoms with Gasteiger partial charge in [0.1, 0.15) is 17.2 Å². The molecule has 2 aromatic carbocycles. The molecule has 6 nitrogen and oxygen atoms in total. The van der Waals surface area contributed by atoms with Crippen molar-refractivity contribution in [1.29, 1.82) is 0 Å². The number of carbonyl (C=O) groups is 1. The lowest BCUT2D eigenvalue weighted by Crippen LogP contribution is -2.13. The van der Waals surface area contributed by atoms with Crippen LogP contribution in [0, 0.1) is 0 Å². The number of anilines is 1. The van der Waals surface area contributed by atoms with Gasteiger partial charge in [0.15, 0.2) is 0 Å². The summed E-state index contributed by atoms with van der Waals surface area (Å²) in [6, 6.07) is 8.45. The first kappa shape index (κ1) is 21.1. The van der Waals surface area contributed by atoms with Crippen molar-refractivity contribution in [1.82, 2.24) is 0 Å². The Labute approximate surface area is 174 Å². The Bertz CT molecular complexity index is 879. The molecule has 0 spiro atoms. The Morgan fingerprint density at radius 3 is 2.37 bits per heavy atom. The molecule has 0 aliphatic heterocycles. The van der Waals surface area contributed by atoms with Crippen LogP contribution >= 0.6 is 31.9 Å². The number of hydrogen-bond acceptors (Lipinski definition) is 6. The van der Waals surface area contributed by atoms with Gasteiger partial charge in [-0.2, -0.15) is 0 Å². The topological polar surface area (TPSA) is 88.0 Å². The van der Waals surface area contributed by atoms with E-state index in [0.29, 0.717) is 21.6 Å². The van der Waals surface area contributed by atoms with Crippen molar-refractivity contribution in [2.45, 2.75) is 13.8 Å². The van der Waals surface area contributed by atoms with E-state index in [-0.39, 0.29) is 33.7 Å². The standard InChI is InChI=1S/C19H19Br2NO5/c1-4-27-19(25)15(16-14(23)9-13(20)18(24)17(16)21)10(2)22-11-5-7-12(26-3)8-6-11/h5-9,22-24H,4H2,1-3H3. The van der Waals surface area contributed by atoms with Gasteiger partial charge in [0.2, 0.25) is 0 Å². The number of halogens is 2. The molecule has 2 aromatic rings. The van der Waals surface area contributed by atoms with Gasteiger partial charge < -0.3 is 25.0 Å². The zero-order valence-electron chi connectivity index (χ0n) is 15.0. The van der Waals surface area contributed by atoms with Crippen LogP contribution < -0.4 is 10.1 Å². The summed E-state index contributed by atoms with van der Waals surface area (Å²) in [6.07, 6.45) is 0. The summed E-state index contributed by atoms with van der Waals surface area (Å²) in [4.78, 5) is 12.6. The zero-order chi connectivity index (χ0) is 20.1. The molecule has 0 unspecified atom stereocenters. The number of benzene rings is 2. The predicted octanol–water partition coefficient (Wildman–Crippen LogP) is 5.04. The zero-order valence-corrected chi connectivity index (χ0v) is 18.1. The van der Waals surface area contributed by atoms with Crippen molar-refractivity contribution in [3.8, 4) is 17.2 Å². The fourth-order valence-electron chi connectivity index (χ4n) is 2.43. The second kappa shape index (κ2) is 9.14. The first-order chi connectivity index (χ1) is 12.8. The molecule has 0 amide bonds. The van der Waals surface area contributed by atoms with Gasteiger partial charge in [-0.1, -0.05) is 0 Å². The van der Waals surface area contributed by atoms with Crippen LogP contribution in [-0.4, -0.2) is 29.9 Å². The third-order valence-electron chi connectivity index (χ3n) is 3.70. The molecule has 0 aliphatic rings. The van der Waals surface area contributed by atoms with Crippen molar-refractivity contribution in [2.75, 3.05) is 19.0 Å². The van der Waals surface area contributed by atoms with Crippen LogP contribution in [0.5, 0.6) is 17.2 Å². The van der Waals surface area contributed by atoms with E-state index in [9.17, 15) is 15.0 Å². The Hall–Kier alpha value is -2.19. The molecular formula is C19H19Br2NO5. The van der Waals surface area contributed by atoms with E-state index in [0.717, 1.165) is 0 Å². The summed E-state index contributed by atoms with van der Waals surface area (Å²) in [5, 5.41) is 23.7. The number of ether oxygens (including phenoxy) is 2. The Balaban J connectivity index is 2.58. The molecule has 0 saturated carbocycles. The molecule has 0 heterocycles. The van der Waals surface area contributed by atoms with Gasteiger partial charge in [0, 0.05) is 11.4 Å². The number of phenolic OH excluding ortho intramolecular Hbond substituents is 2. The number of nitrogens with one attached hydrogen (secondary N) is 1. The fourth-order valence-corrected chi connectivity index (χ4v) is 3.73. The SMILES string of the molecule is CCOC(=O)C(=C(C)Nc1ccc(OC)cc1)c1c(O)cc(Br)c(O)c1Br. The summed E-state index contributed by atoms with van der Waals surface area (Å²) in [5.74, 6) is -0.257. The van der Waals surface area contributed by atoms with Crippen LogP contribution in [0.15, 0.2) is 45.0 Å². The highest BCUT2D eigenvalue weighted by molar-refractivity contribution is 9.11. The van der Waals surface area contributed by atoms with Crippen LogP contribution in [0.4, 0.5) is 5.69 Å². The van der Waals surface area contributed by atoms with E-state index in [2.05, 4.69) is 37.2 Å². The second-order valence-corrected chi connectivity index (χ2v) is 7.14. The minimum Gasteiger partial charge on any atom is -0.507 e. The van der Waals surface area contributed by atoms with Crippen LogP contribution in [0.25, 0.3) is 5.57 Å². The van der Waals surface area contributed by atoms with Crippen molar-refractivity contribution in [2.24, 2.45) is 0 Å². The predicted molar refractivity (Wildman–Crippen MR) is 111 cm³/mol. The van der Waals surface area contributed by atoms with Crippen molar-refractivity contribution >= 4 is 49.1 Å². The number of rotatable bonds is 6. The Morgan fingerprint density at radius 1 is 1.19 bits per heavy atom. The Kier molecular flexibility index (Phi) is 7.15. The van der Waals surface area contributed by atoms with Gasteiger partial charge in [-0.25, -0.2) is 4.79 Å². The highest BCUT2D eigenvalue weighted by atomic mass is 79.9. The minimum absolute atomic E-state index is 0.0971. The Morgan fingerprint density at radius 2 is 1.81 bits per heavy atom. The molecule has 0 fully saturated rings. The maximum absolute atomic E-state index is 12.6. The van der Waals surface area contributed by atoms with Crippen LogP contribution in [0.1, 0.15) is 19.4 Å². The van der Waals surface area contributed by atoms with E-state index < -0.39 is 5.97 Å². The molecule has 8 heteroatoms. The first-order valence-corrected chi connectivity index (χ1v) is 9.58. The molecule has 0 atom stereocenters. The molecule has 0 radical (unpaired) electrons. The second-order valence-electron chi connectivity index (χ2n) is 5.49. The molecule has 0 bridgehead atoms. The molecule has 27 heavy (non-hydrogen) atoms. The van der Waals surface area contributed by atoms with E-state index >= 15 is 0 Å². The summed E-state index contributed by atoms with van der Waals surface area (Å²) < 4.78 is 10.7. The normalized spacial score (nSPS) is 11.6. The van der Waals surface area contributed by atoms with Gasteiger partial charge in [-0.05, 0) is 76.0 Å². The third kappa shape index (κ3) is 4.75. The van der Waals surface area contributed by atoms with E-state index in [1.807, 2.05) is 0 Å². The number of hydrogen-bond donors (Lipinski definition) is 3. The van der Waals surface area contributed by atoms with Gasteiger partial charge >= 0.3 is 5.97 Å². The maximum Gasteiger partial charge on any atom is 0.340 e. The number of methoxy groups -OCH3 is 1. The number of allylic oxidation sites excluding steroid dienone is 1. The van der Waals surface area contributed by atoms with Crippen molar-refractivity contribution in [3.05, 3.63) is 50.5 Å².